The van der Waals surface area contributed by atoms with Gasteiger partial charge in [0.05, 0.1) is 29.3 Å². The van der Waals surface area contributed by atoms with Gasteiger partial charge in [0.2, 0.25) is 5.91 Å². The number of rotatable bonds is 4. The maximum absolute atomic E-state index is 15.7. The summed E-state index contributed by atoms with van der Waals surface area (Å²) in [6.07, 6.45) is -5.08. The van der Waals surface area contributed by atoms with Crippen LogP contribution < -0.4 is 10.6 Å². The summed E-state index contributed by atoms with van der Waals surface area (Å²) in [6, 6.07) is 7.68. The quantitative estimate of drug-likeness (QED) is 0.551. The number of amidine groups is 1. The predicted molar refractivity (Wildman–Crippen MR) is 129 cm³/mol. The first-order chi connectivity index (χ1) is 16.5. The maximum Gasteiger partial charge on any atom is 0.417 e. The van der Waals surface area contributed by atoms with Crippen LogP contribution in [0.1, 0.15) is 56.9 Å². The molecule has 0 unspecified atom stereocenters. The highest BCUT2D eigenvalue weighted by Gasteiger charge is 2.46. The number of aliphatic imine (C=N–C) groups is 1. The molecule has 0 bridgehead atoms. The number of alkyl halides is 3. The van der Waals surface area contributed by atoms with Crippen LogP contribution in [0.3, 0.4) is 0 Å². The van der Waals surface area contributed by atoms with Gasteiger partial charge in [0.25, 0.3) is 5.91 Å². The monoisotopic (exact) mass is 520 g/mol. The highest BCUT2D eigenvalue weighted by molar-refractivity contribution is 8.14. The first-order valence-corrected chi connectivity index (χ1v) is 11.6. The lowest BCUT2D eigenvalue weighted by Crippen LogP contribution is -2.47. The molecule has 0 fully saturated rings. The number of amides is 2. The van der Waals surface area contributed by atoms with Crippen molar-refractivity contribution >= 4 is 34.4 Å². The lowest BCUT2D eigenvalue weighted by Gasteiger charge is -2.36. The molecule has 11 heteroatoms. The molecular weight excluding hydrogens is 496 g/mol. The van der Waals surface area contributed by atoms with E-state index in [4.69, 9.17) is 11.0 Å². The van der Waals surface area contributed by atoms with E-state index >= 15 is 4.39 Å². The van der Waals surface area contributed by atoms with Gasteiger partial charge < -0.3 is 10.6 Å². The third-order valence-electron chi connectivity index (χ3n) is 5.65. The smallest absolute Gasteiger partial charge is 0.369 e. The van der Waals surface area contributed by atoms with Crippen LogP contribution in [0.5, 0.6) is 0 Å². The molecular formula is C25H24F4N4O2S. The van der Waals surface area contributed by atoms with Gasteiger partial charge in [-0.2, -0.15) is 23.4 Å². The molecule has 6 nitrogen and oxygen atoms in total. The Morgan fingerprint density at radius 2 is 1.83 bits per heavy atom. The number of nitrogens with two attached hydrogens (primary N) is 1. The number of hydrogen-bond donors (Lipinski definition) is 1. The Bertz CT molecular complexity index is 1320. The van der Waals surface area contributed by atoms with Crippen LogP contribution in [0.25, 0.3) is 0 Å². The normalized spacial score (nSPS) is 15.6. The third kappa shape index (κ3) is 5.09. The molecule has 1 aliphatic rings. The third-order valence-corrected chi connectivity index (χ3v) is 6.60. The summed E-state index contributed by atoms with van der Waals surface area (Å²) in [6.45, 7) is 8.43. The average molecular weight is 521 g/mol. The van der Waals surface area contributed by atoms with Crippen LogP contribution in [0.4, 0.5) is 23.2 Å². The molecule has 0 saturated carbocycles. The topological polar surface area (TPSA) is 99.6 Å². The number of nitriles is 1. The Labute approximate surface area is 210 Å². The molecule has 1 aliphatic heterocycles. The lowest BCUT2D eigenvalue weighted by molar-refractivity contribution is -0.138. The summed E-state index contributed by atoms with van der Waals surface area (Å²) in [7, 11) is 0. The number of carbonyl (C=O) groups excluding carboxylic acids is 2. The Morgan fingerprint density at radius 3 is 2.36 bits per heavy atom. The molecule has 1 heterocycles. The number of anilines is 1. The minimum absolute atomic E-state index is 0.0513. The molecule has 0 aliphatic carbocycles. The van der Waals surface area contributed by atoms with Gasteiger partial charge in [-0.15, -0.1) is 0 Å². The second kappa shape index (κ2) is 9.24. The zero-order valence-corrected chi connectivity index (χ0v) is 21.1. The van der Waals surface area contributed by atoms with Gasteiger partial charge >= 0.3 is 6.18 Å². The summed E-state index contributed by atoms with van der Waals surface area (Å²) in [4.78, 5) is 30.0. The first kappa shape index (κ1) is 27.2. The highest BCUT2D eigenvalue weighted by atomic mass is 32.2. The summed E-state index contributed by atoms with van der Waals surface area (Å²) < 4.78 is 56.1. The zero-order chi connectivity index (χ0) is 27.2. The summed E-state index contributed by atoms with van der Waals surface area (Å²) in [5.41, 5.74) is 2.14. The van der Waals surface area contributed by atoms with Crippen LogP contribution in [-0.4, -0.2) is 22.5 Å². The van der Waals surface area contributed by atoms with E-state index in [1.165, 1.54) is 23.1 Å². The number of primary amides is 1. The Balaban J connectivity index is 2.17. The molecule has 2 aromatic rings. The number of halogens is 4. The zero-order valence-electron chi connectivity index (χ0n) is 20.2. The summed E-state index contributed by atoms with van der Waals surface area (Å²) in [5.74, 6) is -1.93. The molecule has 0 aromatic heterocycles. The van der Waals surface area contributed by atoms with Crippen molar-refractivity contribution in [2.45, 2.75) is 63.1 Å². The minimum Gasteiger partial charge on any atom is -0.369 e. The fraction of sp³-hybridized carbons (Fsp3) is 0.360. The van der Waals surface area contributed by atoms with Crippen LogP contribution in [-0.2, 0) is 27.6 Å². The van der Waals surface area contributed by atoms with Crippen molar-refractivity contribution in [3.63, 3.8) is 0 Å². The van der Waals surface area contributed by atoms with E-state index in [0.29, 0.717) is 5.69 Å². The van der Waals surface area contributed by atoms with Crippen molar-refractivity contribution in [1.82, 2.24) is 0 Å². The van der Waals surface area contributed by atoms with Crippen molar-refractivity contribution < 1.29 is 27.2 Å². The van der Waals surface area contributed by atoms with Crippen molar-refractivity contribution in [3.8, 4) is 6.07 Å². The van der Waals surface area contributed by atoms with Gasteiger partial charge in [0.15, 0.2) is 5.17 Å². The van der Waals surface area contributed by atoms with Crippen molar-refractivity contribution in [1.29, 1.82) is 5.26 Å². The summed E-state index contributed by atoms with van der Waals surface area (Å²) >= 11 is 0.799. The number of thioether (sulfide) groups is 1. The van der Waals surface area contributed by atoms with Crippen LogP contribution >= 0.6 is 11.8 Å². The molecule has 190 valence electrons. The first-order valence-electron chi connectivity index (χ1n) is 10.8. The fourth-order valence-corrected chi connectivity index (χ4v) is 5.01. The van der Waals surface area contributed by atoms with Gasteiger partial charge in [-0.1, -0.05) is 38.6 Å². The Morgan fingerprint density at radius 1 is 1.19 bits per heavy atom. The minimum atomic E-state index is -4.76. The standard InChI is InChI=1S/C25H24F4N4O2S/c1-23(2,3)19-17(9-7-13(20(19)26)10-18(31)34)33-22(32-21(35)24(33,4)5)36-15-8-6-14(12-30)16(11-15)25(27,28)29/h6-9,11H,10H2,1-5H3,(H2,31,34). The largest absolute Gasteiger partial charge is 0.417 e. The molecule has 2 amide bonds. The van der Waals surface area contributed by atoms with Crippen molar-refractivity contribution in [2.75, 3.05) is 4.90 Å². The van der Waals surface area contributed by atoms with Crippen molar-refractivity contribution in [2.24, 2.45) is 10.7 Å². The van der Waals surface area contributed by atoms with E-state index in [0.717, 1.165) is 23.9 Å². The predicted octanol–water partition coefficient (Wildman–Crippen LogP) is 5.31. The van der Waals surface area contributed by atoms with Crippen LogP contribution in [0.2, 0.25) is 0 Å². The number of benzene rings is 2. The van der Waals surface area contributed by atoms with E-state index in [1.807, 2.05) is 0 Å². The lowest BCUT2D eigenvalue weighted by atomic mass is 9.82. The fourth-order valence-electron chi connectivity index (χ4n) is 3.94. The number of hydrogen-bond acceptors (Lipinski definition) is 5. The summed E-state index contributed by atoms with van der Waals surface area (Å²) in [5, 5.41) is 9.11. The van der Waals surface area contributed by atoms with E-state index in [2.05, 4.69) is 4.99 Å². The maximum atomic E-state index is 15.7. The molecule has 0 saturated heterocycles. The van der Waals surface area contributed by atoms with Gasteiger partial charge in [-0.3, -0.25) is 9.59 Å². The van der Waals surface area contributed by atoms with Gasteiger partial charge in [0, 0.05) is 10.5 Å². The number of carbonyl (C=O) groups is 2. The molecule has 36 heavy (non-hydrogen) atoms. The molecule has 0 radical (unpaired) electrons. The van der Waals surface area contributed by atoms with Crippen molar-refractivity contribution in [3.05, 3.63) is 58.4 Å². The van der Waals surface area contributed by atoms with E-state index < -0.39 is 45.9 Å². The molecule has 2 aromatic carbocycles. The van der Waals surface area contributed by atoms with Crippen LogP contribution in [0.15, 0.2) is 40.2 Å². The molecule has 0 spiro atoms. The Kier molecular flexibility index (Phi) is 6.98. The van der Waals surface area contributed by atoms with Gasteiger partial charge in [0.1, 0.15) is 11.4 Å². The highest BCUT2D eigenvalue weighted by Crippen LogP contribution is 2.44. The van der Waals surface area contributed by atoms with E-state index in [1.54, 1.807) is 40.7 Å². The van der Waals surface area contributed by atoms with E-state index in [9.17, 15) is 22.8 Å². The molecule has 3 rings (SSSR count). The Hall–Kier alpha value is -3.39. The SMILES string of the molecule is CC(C)(C)c1c(N2C(Sc3ccc(C#N)c(C(F)(F)F)c3)=NC(=O)C2(C)C)ccc(CC(N)=O)c1F. The van der Waals surface area contributed by atoms with Crippen LogP contribution in [0, 0.1) is 17.1 Å². The second-order valence-electron chi connectivity index (χ2n) is 9.84. The van der Waals surface area contributed by atoms with Gasteiger partial charge in [-0.25, -0.2) is 4.39 Å². The number of nitrogens with zero attached hydrogens (tertiary/aromatic N) is 3. The molecule has 0 atom stereocenters. The second-order valence-corrected chi connectivity index (χ2v) is 10.9. The molecule has 2 N–H and O–H groups in total. The van der Waals surface area contributed by atoms with Gasteiger partial charge in [-0.05, 0) is 49.1 Å². The average Bonchev–Trinajstić information content (AvgIpc) is 2.95. The van der Waals surface area contributed by atoms with E-state index in [-0.39, 0.29) is 27.6 Å².